The van der Waals surface area contributed by atoms with E-state index in [1.54, 1.807) is 22.6 Å². The monoisotopic (exact) mass is 497 g/mol. The number of amides is 2. The Morgan fingerprint density at radius 1 is 1.49 bits per heavy atom. The van der Waals surface area contributed by atoms with Gasteiger partial charge in [0.15, 0.2) is 5.13 Å². The summed E-state index contributed by atoms with van der Waals surface area (Å²) in [7, 11) is 3.56. The van der Waals surface area contributed by atoms with E-state index in [-0.39, 0.29) is 40.9 Å². The highest BCUT2D eigenvalue weighted by molar-refractivity contribution is 7.15. The van der Waals surface area contributed by atoms with Crippen molar-refractivity contribution in [2.45, 2.75) is 58.5 Å². The Morgan fingerprint density at radius 3 is 2.89 bits per heavy atom. The van der Waals surface area contributed by atoms with Crippen molar-refractivity contribution in [3.05, 3.63) is 34.6 Å². The summed E-state index contributed by atoms with van der Waals surface area (Å²) in [4.78, 5) is 33.3. The van der Waals surface area contributed by atoms with Crippen LogP contribution in [0.5, 0.6) is 0 Å². The summed E-state index contributed by atoms with van der Waals surface area (Å²) in [5, 5.41) is 24.0. The number of hydrogen-bond acceptors (Lipinski definition) is 6. The molecule has 0 saturated heterocycles. The predicted molar refractivity (Wildman–Crippen MR) is 135 cm³/mol. The van der Waals surface area contributed by atoms with Crippen molar-refractivity contribution in [2.24, 2.45) is 30.2 Å². The van der Waals surface area contributed by atoms with Crippen LogP contribution in [0, 0.1) is 34.5 Å². The van der Waals surface area contributed by atoms with E-state index < -0.39 is 6.10 Å². The lowest BCUT2D eigenvalue weighted by atomic mass is 9.53. The standard InChI is InChI=1S/C26H35N5O3S/c1-15(24(34)31(5)13-7-11-27)17-9-10-26(3)14-19-21(16(2)20(26)22(17)32)28-25(35-19)29-23(33)18-8-6-12-30(18)4/h6,8,12,15-17,20,22,32H,7,9-10,13-14H2,1-5H3,(H,28,29,33)/t15-,16+,17+,20+,22-,26+/m0/s1. The second-order valence-electron chi connectivity index (χ2n) is 10.6. The fourth-order valence-electron chi connectivity index (χ4n) is 6.32. The molecule has 0 spiro atoms. The maximum atomic E-state index is 13.0. The number of thiazole rings is 1. The van der Waals surface area contributed by atoms with E-state index in [0.717, 1.165) is 25.0 Å². The van der Waals surface area contributed by atoms with Gasteiger partial charge >= 0.3 is 0 Å². The second-order valence-corrected chi connectivity index (χ2v) is 11.7. The SMILES string of the molecule is C[C@H](C(=O)N(C)CCC#N)[C@H]1CC[C@]2(C)Cc3sc(NC(=O)c4cccn4C)nc3[C@H](C)[C@@H]2[C@H]1O. The molecule has 0 aliphatic heterocycles. The molecule has 0 aromatic carbocycles. The number of aromatic nitrogens is 2. The molecular weight excluding hydrogens is 462 g/mol. The number of aliphatic hydroxyl groups is 1. The van der Waals surface area contributed by atoms with E-state index in [9.17, 15) is 14.7 Å². The summed E-state index contributed by atoms with van der Waals surface area (Å²) in [6.45, 7) is 6.66. The molecule has 188 valence electrons. The number of rotatable bonds is 6. The maximum absolute atomic E-state index is 13.0. The maximum Gasteiger partial charge on any atom is 0.274 e. The lowest BCUT2D eigenvalue weighted by Gasteiger charge is -2.53. The van der Waals surface area contributed by atoms with Crippen LogP contribution in [-0.4, -0.2) is 51.1 Å². The summed E-state index contributed by atoms with van der Waals surface area (Å²) in [5.74, 6) is -0.667. The number of hydrogen-bond donors (Lipinski definition) is 2. The van der Waals surface area contributed by atoms with Crippen molar-refractivity contribution in [2.75, 3.05) is 18.9 Å². The highest BCUT2D eigenvalue weighted by Gasteiger charge is 2.54. The number of carbonyl (C=O) groups excluding carboxylic acids is 2. The van der Waals surface area contributed by atoms with Gasteiger partial charge in [-0.2, -0.15) is 5.26 Å². The van der Waals surface area contributed by atoms with Gasteiger partial charge in [-0.05, 0) is 48.6 Å². The Hall–Kier alpha value is -2.70. The van der Waals surface area contributed by atoms with Crippen LogP contribution in [0.15, 0.2) is 18.3 Å². The Labute approximate surface area is 211 Å². The van der Waals surface area contributed by atoms with Crippen LogP contribution in [0.4, 0.5) is 5.13 Å². The van der Waals surface area contributed by atoms with Gasteiger partial charge in [0.25, 0.3) is 5.91 Å². The van der Waals surface area contributed by atoms with E-state index in [4.69, 9.17) is 10.2 Å². The lowest BCUT2D eigenvalue weighted by molar-refractivity contribution is -0.143. The number of fused-ring (bicyclic) bond motifs is 2. The van der Waals surface area contributed by atoms with Crippen LogP contribution in [0.1, 0.15) is 67.0 Å². The fraction of sp³-hybridized carbons (Fsp3) is 0.615. The highest BCUT2D eigenvalue weighted by Crippen LogP contribution is 2.57. The van der Waals surface area contributed by atoms with Gasteiger partial charge < -0.3 is 14.6 Å². The molecule has 2 aromatic rings. The van der Waals surface area contributed by atoms with Crippen molar-refractivity contribution in [3.8, 4) is 6.07 Å². The molecule has 0 radical (unpaired) electrons. The molecule has 2 aliphatic carbocycles. The zero-order valence-corrected chi connectivity index (χ0v) is 21.9. The first-order valence-corrected chi connectivity index (χ1v) is 13.1. The molecule has 0 bridgehead atoms. The van der Waals surface area contributed by atoms with Crippen molar-refractivity contribution in [3.63, 3.8) is 0 Å². The Balaban J connectivity index is 1.53. The smallest absolute Gasteiger partial charge is 0.274 e. The van der Waals surface area contributed by atoms with E-state index in [1.165, 1.54) is 16.2 Å². The molecule has 9 heteroatoms. The molecular formula is C26H35N5O3S. The third-order valence-electron chi connectivity index (χ3n) is 8.29. The minimum atomic E-state index is -0.622. The minimum absolute atomic E-state index is 0.0112. The Bertz CT molecular complexity index is 1150. The molecule has 8 nitrogen and oxygen atoms in total. The molecule has 1 saturated carbocycles. The van der Waals surface area contributed by atoms with Gasteiger partial charge in [0.1, 0.15) is 5.69 Å². The van der Waals surface area contributed by atoms with E-state index >= 15 is 0 Å². The van der Waals surface area contributed by atoms with Crippen LogP contribution in [-0.2, 0) is 18.3 Å². The van der Waals surface area contributed by atoms with Gasteiger partial charge in [-0.15, -0.1) is 11.3 Å². The molecule has 2 aromatic heterocycles. The molecule has 2 aliphatic rings. The topological polar surface area (TPSA) is 111 Å². The summed E-state index contributed by atoms with van der Waals surface area (Å²) in [5.41, 5.74) is 1.43. The van der Waals surface area contributed by atoms with Gasteiger partial charge in [-0.3, -0.25) is 14.9 Å². The zero-order chi connectivity index (χ0) is 25.5. The Kier molecular flexibility index (Phi) is 7.07. The average molecular weight is 498 g/mol. The number of anilines is 1. The van der Waals surface area contributed by atoms with Crippen LogP contribution in [0.2, 0.25) is 0 Å². The van der Waals surface area contributed by atoms with Gasteiger partial charge in [0.2, 0.25) is 5.91 Å². The van der Waals surface area contributed by atoms with Crippen LogP contribution >= 0.6 is 11.3 Å². The first-order valence-electron chi connectivity index (χ1n) is 12.3. The number of aryl methyl sites for hydroxylation is 1. The largest absolute Gasteiger partial charge is 0.392 e. The van der Waals surface area contributed by atoms with Gasteiger partial charge in [0.05, 0.1) is 24.3 Å². The molecule has 1 fully saturated rings. The summed E-state index contributed by atoms with van der Waals surface area (Å²) in [6, 6.07) is 5.69. The molecule has 2 heterocycles. The predicted octanol–water partition coefficient (Wildman–Crippen LogP) is 3.80. The fourth-order valence-corrected chi connectivity index (χ4v) is 7.58. The van der Waals surface area contributed by atoms with Crippen molar-refractivity contribution >= 4 is 28.3 Å². The molecule has 2 amide bonds. The summed E-state index contributed by atoms with van der Waals surface area (Å²) < 4.78 is 1.78. The van der Waals surface area contributed by atoms with E-state index in [1.807, 2.05) is 26.2 Å². The molecule has 4 rings (SSSR count). The normalized spacial score (nSPS) is 28.4. The first kappa shape index (κ1) is 25.4. The first-order chi connectivity index (χ1) is 16.6. The minimum Gasteiger partial charge on any atom is -0.392 e. The summed E-state index contributed by atoms with van der Waals surface area (Å²) >= 11 is 1.53. The third-order valence-corrected chi connectivity index (χ3v) is 9.27. The lowest BCUT2D eigenvalue weighted by Crippen LogP contribution is -2.53. The van der Waals surface area contributed by atoms with E-state index in [0.29, 0.717) is 23.8 Å². The van der Waals surface area contributed by atoms with Crippen LogP contribution in [0.25, 0.3) is 0 Å². The quantitative estimate of drug-likeness (QED) is 0.631. The number of aliphatic hydroxyl groups excluding tert-OH is 1. The van der Waals surface area contributed by atoms with Crippen LogP contribution in [0.3, 0.4) is 0 Å². The average Bonchev–Trinajstić information content (AvgIpc) is 3.41. The number of nitrogens with one attached hydrogen (secondary N) is 1. The van der Waals surface area contributed by atoms with E-state index in [2.05, 4.69) is 25.2 Å². The summed E-state index contributed by atoms with van der Waals surface area (Å²) in [6.07, 6.45) is 4.03. The zero-order valence-electron chi connectivity index (χ0n) is 21.1. The molecule has 2 N–H and O–H groups in total. The van der Waals surface area contributed by atoms with Gasteiger partial charge in [-0.25, -0.2) is 4.98 Å². The highest BCUT2D eigenvalue weighted by atomic mass is 32.1. The molecule has 0 unspecified atom stereocenters. The van der Waals surface area contributed by atoms with Crippen molar-refractivity contribution in [1.82, 2.24) is 14.5 Å². The van der Waals surface area contributed by atoms with Gasteiger partial charge in [0, 0.05) is 43.5 Å². The Morgan fingerprint density at radius 2 is 2.23 bits per heavy atom. The van der Waals surface area contributed by atoms with Gasteiger partial charge in [-0.1, -0.05) is 20.8 Å². The number of nitrogens with zero attached hydrogens (tertiary/aromatic N) is 4. The molecule has 35 heavy (non-hydrogen) atoms. The molecule has 6 atom stereocenters. The van der Waals surface area contributed by atoms with Crippen molar-refractivity contribution in [1.29, 1.82) is 5.26 Å². The number of nitriles is 1. The number of carbonyl (C=O) groups is 2. The van der Waals surface area contributed by atoms with Crippen LogP contribution < -0.4 is 5.32 Å². The second kappa shape index (κ2) is 9.75. The third kappa shape index (κ3) is 4.62. The van der Waals surface area contributed by atoms with Crippen molar-refractivity contribution < 1.29 is 14.7 Å².